The zero-order chi connectivity index (χ0) is 14.8. The lowest BCUT2D eigenvalue weighted by Crippen LogP contribution is -2.10. The van der Waals surface area contributed by atoms with Crippen molar-refractivity contribution >= 4 is 33.3 Å². The third-order valence-corrected chi connectivity index (χ3v) is 4.41. The van der Waals surface area contributed by atoms with Crippen LogP contribution in [-0.2, 0) is 11.2 Å². The quantitative estimate of drug-likeness (QED) is 0.773. The first-order valence-electron chi connectivity index (χ1n) is 6.52. The number of carbonyl (C=O) groups excluding carboxylic acids is 1. The van der Waals surface area contributed by atoms with E-state index >= 15 is 0 Å². The highest BCUT2D eigenvalue weighted by Crippen LogP contribution is 2.40. The number of hydrogen-bond acceptors (Lipinski definition) is 5. The molecule has 1 amide bonds. The van der Waals surface area contributed by atoms with Crippen LogP contribution < -0.4 is 11.5 Å². The Morgan fingerprint density at radius 3 is 2.67 bits per heavy atom. The molecule has 0 atom stereocenters. The fraction of sp³-hybridized carbons (Fsp3) is 0.133. The minimum atomic E-state index is -0.314. The fourth-order valence-electron chi connectivity index (χ4n) is 2.32. The van der Waals surface area contributed by atoms with Crippen molar-refractivity contribution in [2.75, 3.05) is 5.73 Å². The molecule has 4 N–H and O–H groups in total. The van der Waals surface area contributed by atoms with Crippen LogP contribution in [0.2, 0.25) is 0 Å². The number of anilines is 1. The zero-order valence-electron chi connectivity index (χ0n) is 11.2. The van der Waals surface area contributed by atoms with E-state index < -0.39 is 0 Å². The van der Waals surface area contributed by atoms with Gasteiger partial charge in [-0.3, -0.25) is 4.79 Å². The minimum absolute atomic E-state index is 0.306. The normalized spacial score (nSPS) is 10.9. The Morgan fingerprint density at radius 1 is 1.19 bits per heavy atom. The largest absolute Gasteiger partial charge is 0.383 e. The average Bonchev–Trinajstić information content (AvgIpc) is 2.86. The van der Waals surface area contributed by atoms with Crippen molar-refractivity contribution in [1.82, 2.24) is 9.97 Å². The van der Waals surface area contributed by atoms with E-state index in [2.05, 4.69) is 9.97 Å². The van der Waals surface area contributed by atoms with Gasteiger partial charge in [-0.15, -0.1) is 11.3 Å². The average molecular weight is 298 g/mol. The van der Waals surface area contributed by atoms with Crippen molar-refractivity contribution in [3.05, 3.63) is 41.5 Å². The van der Waals surface area contributed by atoms with Crippen molar-refractivity contribution in [1.29, 1.82) is 0 Å². The summed E-state index contributed by atoms with van der Waals surface area (Å²) in [5.74, 6) is 0.144. The highest BCUT2D eigenvalue weighted by Gasteiger charge is 2.17. The third-order valence-electron chi connectivity index (χ3n) is 3.25. The summed E-state index contributed by atoms with van der Waals surface area (Å²) in [6.07, 6.45) is 2.35. The SMILES string of the molecule is NC(=O)CCc1sc2ncnc(N)c2c1-c1ccccc1. The van der Waals surface area contributed by atoms with Crippen LogP contribution in [0, 0.1) is 0 Å². The Labute approximate surface area is 125 Å². The Hall–Kier alpha value is -2.47. The Kier molecular flexibility index (Phi) is 3.53. The first-order valence-corrected chi connectivity index (χ1v) is 7.34. The smallest absolute Gasteiger partial charge is 0.217 e. The molecule has 0 aliphatic rings. The molecule has 106 valence electrons. The minimum Gasteiger partial charge on any atom is -0.383 e. The summed E-state index contributed by atoms with van der Waals surface area (Å²) in [4.78, 5) is 21.3. The van der Waals surface area contributed by atoms with Crippen molar-refractivity contribution in [3.8, 4) is 11.1 Å². The van der Waals surface area contributed by atoms with Crippen molar-refractivity contribution < 1.29 is 4.79 Å². The zero-order valence-corrected chi connectivity index (χ0v) is 12.1. The van der Waals surface area contributed by atoms with Crippen LogP contribution in [0.4, 0.5) is 5.82 Å². The highest BCUT2D eigenvalue weighted by molar-refractivity contribution is 7.19. The van der Waals surface area contributed by atoms with Crippen molar-refractivity contribution in [2.24, 2.45) is 5.73 Å². The van der Waals surface area contributed by atoms with Gasteiger partial charge in [-0.1, -0.05) is 30.3 Å². The van der Waals surface area contributed by atoms with Gasteiger partial charge in [0, 0.05) is 16.9 Å². The summed E-state index contributed by atoms with van der Waals surface area (Å²) in [6, 6.07) is 9.93. The Balaban J connectivity index is 2.22. The molecule has 0 bridgehead atoms. The lowest BCUT2D eigenvalue weighted by Gasteiger charge is -2.05. The van der Waals surface area contributed by atoms with E-state index in [1.165, 1.54) is 17.7 Å². The van der Waals surface area contributed by atoms with E-state index in [1.54, 1.807) is 0 Å². The molecule has 0 unspecified atom stereocenters. The number of rotatable bonds is 4. The maximum atomic E-state index is 11.1. The molecule has 6 heteroatoms. The standard InChI is InChI=1S/C15H14N4OS/c16-11(20)7-6-10-12(9-4-2-1-3-5-9)13-14(17)18-8-19-15(13)21-10/h1-5,8H,6-7H2,(H2,16,20)(H2,17,18,19). The summed E-state index contributed by atoms with van der Waals surface area (Å²) >= 11 is 1.54. The van der Waals surface area contributed by atoms with Gasteiger partial charge in [-0.05, 0) is 12.0 Å². The molecule has 0 saturated carbocycles. The second kappa shape index (κ2) is 5.49. The summed E-state index contributed by atoms with van der Waals surface area (Å²) in [5, 5.41) is 0.855. The van der Waals surface area contributed by atoms with Crippen LogP contribution in [0.1, 0.15) is 11.3 Å². The van der Waals surface area contributed by atoms with Gasteiger partial charge in [-0.25, -0.2) is 9.97 Å². The summed E-state index contributed by atoms with van der Waals surface area (Å²) in [6.45, 7) is 0. The lowest BCUT2D eigenvalue weighted by molar-refractivity contribution is -0.117. The van der Waals surface area contributed by atoms with E-state index in [1.807, 2.05) is 30.3 Å². The van der Waals surface area contributed by atoms with Crippen LogP contribution >= 0.6 is 11.3 Å². The maximum Gasteiger partial charge on any atom is 0.217 e. The number of aromatic nitrogens is 2. The van der Waals surface area contributed by atoms with Crippen molar-refractivity contribution in [3.63, 3.8) is 0 Å². The molecule has 0 radical (unpaired) electrons. The predicted molar refractivity (Wildman–Crippen MR) is 84.8 cm³/mol. The number of aryl methyl sites for hydroxylation is 1. The van der Waals surface area contributed by atoms with Gasteiger partial charge >= 0.3 is 0 Å². The molecular weight excluding hydrogens is 284 g/mol. The van der Waals surface area contributed by atoms with Crippen molar-refractivity contribution in [2.45, 2.75) is 12.8 Å². The van der Waals surface area contributed by atoms with E-state index in [9.17, 15) is 4.79 Å². The third kappa shape index (κ3) is 2.57. The van der Waals surface area contributed by atoms with Gasteiger partial charge in [0.05, 0.1) is 5.39 Å². The molecule has 0 fully saturated rings. The number of nitrogen functional groups attached to an aromatic ring is 1. The van der Waals surface area contributed by atoms with Gasteiger partial charge in [0.15, 0.2) is 0 Å². The number of nitrogens with two attached hydrogens (primary N) is 2. The summed E-state index contributed by atoms with van der Waals surface area (Å²) in [5.41, 5.74) is 13.3. The molecule has 0 aliphatic carbocycles. The van der Waals surface area contributed by atoms with E-state index in [0.717, 1.165) is 26.2 Å². The van der Waals surface area contributed by atoms with Gasteiger partial charge < -0.3 is 11.5 Å². The molecule has 3 aromatic rings. The lowest BCUT2D eigenvalue weighted by atomic mass is 10.0. The molecule has 5 nitrogen and oxygen atoms in total. The highest BCUT2D eigenvalue weighted by atomic mass is 32.1. The molecule has 0 aliphatic heterocycles. The Morgan fingerprint density at radius 2 is 1.95 bits per heavy atom. The van der Waals surface area contributed by atoms with Gasteiger partial charge in [0.1, 0.15) is 17.0 Å². The first-order chi connectivity index (χ1) is 10.2. The van der Waals surface area contributed by atoms with Gasteiger partial charge in [0.2, 0.25) is 5.91 Å². The number of primary amides is 1. The van der Waals surface area contributed by atoms with Crippen LogP contribution in [0.3, 0.4) is 0 Å². The second-order valence-corrected chi connectivity index (χ2v) is 5.76. The molecule has 0 spiro atoms. The summed E-state index contributed by atoms with van der Waals surface area (Å²) < 4.78 is 0. The number of amides is 1. The number of nitrogens with zero attached hydrogens (tertiary/aromatic N) is 2. The first kappa shape index (κ1) is 13.5. The van der Waals surface area contributed by atoms with Gasteiger partial charge in [-0.2, -0.15) is 0 Å². The van der Waals surface area contributed by atoms with E-state index in [4.69, 9.17) is 11.5 Å². The van der Waals surface area contributed by atoms with E-state index in [-0.39, 0.29) is 5.91 Å². The topological polar surface area (TPSA) is 94.9 Å². The van der Waals surface area contributed by atoms with Crippen LogP contribution in [0.25, 0.3) is 21.3 Å². The van der Waals surface area contributed by atoms with Gasteiger partial charge in [0.25, 0.3) is 0 Å². The summed E-state index contributed by atoms with van der Waals surface area (Å²) in [7, 11) is 0. The van der Waals surface area contributed by atoms with Crippen LogP contribution in [0.5, 0.6) is 0 Å². The maximum absolute atomic E-state index is 11.1. The predicted octanol–water partition coefficient (Wildman–Crippen LogP) is 2.36. The second-order valence-electron chi connectivity index (χ2n) is 4.67. The van der Waals surface area contributed by atoms with Crippen LogP contribution in [-0.4, -0.2) is 15.9 Å². The molecule has 3 rings (SSSR count). The Bertz CT molecular complexity index is 798. The number of fused-ring (bicyclic) bond motifs is 1. The molecule has 0 saturated heterocycles. The molecule has 21 heavy (non-hydrogen) atoms. The molecule has 1 aromatic carbocycles. The number of carbonyl (C=O) groups is 1. The number of thiophene rings is 1. The monoisotopic (exact) mass is 298 g/mol. The molecular formula is C15H14N4OS. The molecule has 2 heterocycles. The number of benzene rings is 1. The molecule has 2 aromatic heterocycles. The van der Waals surface area contributed by atoms with Crippen LogP contribution in [0.15, 0.2) is 36.7 Å². The fourth-order valence-corrected chi connectivity index (χ4v) is 3.49. The number of hydrogen-bond donors (Lipinski definition) is 2. The van der Waals surface area contributed by atoms with E-state index in [0.29, 0.717) is 18.7 Å².